The molecule has 1 aromatic rings. The number of aromatic nitrogens is 2. The molecule has 3 nitrogen and oxygen atoms in total. The van der Waals surface area contributed by atoms with Crippen molar-refractivity contribution in [1.29, 1.82) is 0 Å². The summed E-state index contributed by atoms with van der Waals surface area (Å²) in [5.74, 6) is 2.97. The quantitative estimate of drug-likeness (QED) is 0.816. The number of rotatable bonds is 4. The summed E-state index contributed by atoms with van der Waals surface area (Å²) in [6.45, 7) is 3.27. The van der Waals surface area contributed by atoms with Crippen LogP contribution >= 0.6 is 0 Å². The third-order valence-electron chi connectivity index (χ3n) is 4.61. The average molecular weight is 219 g/mol. The predicted molar refractivity (Wildman–Crippen MR) is 63.8 cm³/mol. The minimum absolute atomic E-state index is 0.651. The standard InChI is InChI=1S/C13H21N3/c1-9(14-8-12-4-5-15-16-12)13-7-10-2-3-11(13)6-10/h4-5,9-11,13-14H,2-3,6-8H2,1H3,(H,15,16)/t9-,10-,11-,13-/m0/s1. The Bertz CT molecular complexity index is 333. The summed E-state index contributed by atoms with van der Waals surface area (Å²) < 4.78 is 0. The van der Waals surface area contributed by atoms with Crippen molar-refractivity contribution in [2.45, 2.75) is 45.2 Å². The molecule has 16 heavy (non-hydrogen) atoms. The molecule has 4 atom stereocenters. The second kappa shape index (κ2) is 4.21. The van der Waals surface area contributed by atoms with Crippen LogP contribution in [-0.4, -0.2) is 16.2 Å². The lowest BCUT2D eigenvalue weighted by Gasteiger charge is -2.28. The van der Waals surface area contributed by atoms with E-state index in [0.29, 0.717) is 6.04 Å². The van der Waals surface area contributed by atoms with Crippen LogP contribution in [0.1, 0.15) is 38.3 Å². The SMILES string of the molecule is C[C@H](NCc1ccn[nH]1)[C@@H]1C[C@H]2CC[C@H]1C2. The van der Waals surface area contributed by atoms with Crippen molar-refractivity contribution < 1.29 is 0 Å². The van der Waals surface area contributed by atoms with Gasteiger partial charge in [-0.1, -0.05) is 6.42 Å². The van der Waals surface area contributed by atoms with E-state index in [0.717, 1.165) is 24.3 Å². The third-order valence-corrected chi connectivity index (χ3v) is 4.61. The van der Waals surface area contributed by atoms with E-state index in [1.165, 1.54) is 31.4 Å². The molecule has 0 radical (unpaired) electrons. The molecule has 0 aliphatic heterocycles. The second-order valence-electron chi connectivity index (χ2n) is 5.59. The summed E-state index contributed by atoms with van der Waals surface area (Å²) in [4.78, 5) is 0. The van der Waals surface area contributed by atoms with Gasteiger partial charge >= 0.3 is 0 Å². The normalized spacial score (nSPS) is 34.4. The molecule has 0 aromatic carbocycles. The average Bonchev–Trinajstić information content (AvgIpc) is 3.01. The van der Waals surface area contributed by atoms with Gasteiger partial charge in [-0.15, -0.1) is 0 Å². The van der Waals surface area contributed by atoms with E-state index in [2.05, 4.69) is 22.4 Å². The zero-order chi connectivity index (χ0) is 11.0. The summed E-state index contributed by atoms with van der Waals surface area (Å²) in [6, 6.07) is 2.69. The molecule has 1 heterocycles. The van der Waals surface area contributed by atoms with Crippen molar-refractivity contribution >= 4 is 0 Å². The van der Waals surface area contributed by atoms with Gasteiger partial charge in [-0.3, -0.25) is 5.10 Å². The molecular formula is C13H21N3. The van der Waals surface area contributed by atoms with Gasteiger partial charge in [-0.05, 0) is 50.0 Å². The minimum atomic E-state index is 0.651. The van der Waals surface area contributed by atoms with Crippen LogP contribution in [0, 0.1) is 17.8 Å². The molecule has 2 fully saturated rings. The number of hydrogen-bond donors (Lipinski definition) is 2. The molecule has 2 N–H and O–H groups in total. The monoisotopic (exact) mass is 219 g/mol. The Hall–Kier alpha value is -0.830. The molecular weight excluding hydrogens is 198 g/mol. The van der Waals surface area contributed by atoms with E-state index < -0.39 is 0 Å². The minimum Gasteiger partial charge on any atom is -0.308 e. The molecule has 2 saturated carbocycles. The number of H-pyrrole nitrogens is 1. The van der Waals surface area contributed by atoms with Crippen LogP contribution < -0.4 is 5.32 Å². The van der Waals surface area contributed by atoms with Gasteiger partial charge < -0.3 is 5.32 Å². The van der Waals surface area contributed by atoms with Crippen LogP contribution in [-0.2, 0) is 6.54 Å². The largest absolute Gasteiger partial charge is 0.308 e. The summed E-state index contributed by atoms with van der Waals surface area (Å²) in [5, 5.41) is 10.6. The highest BCUT2D eigenvalue weighted by molar-refractivity contribution is 4.99. The van der Waals surface area contributed by atoms with Crippen molar-refractivity contribution in [3.8, 4) is 0 Å². The maximum Gasteiger partial charge on any atom is 0.0490 e. The van der Waals surface area contributed by atoms with Crippen molar-refractivity contribution in [3.05, 3.63) is 18.0 Å². The second-order valence-corrected chi connectivity index (χ2v) is 5.59. The smallest absolute Gasteiger partial charge is 0.0490 e. The van der Waals surface area contributed by atoms with Crippen LogP contribution in [0.5, 0.6) is 0 Å². The zero-order valence-electron chi connectivity index (χ0n) is 9.95. The first-order valence-electron chi connectivity index (χ1n) is 6.54. The Morgan fingerprint density at radius 2 is 2.44 bits per heavy atom. The maximum absolute atomic E-state index is 3.97. The highest BCUT2D eigenvalue weighted by Gasteiger charge is 2.41. The first-order valence-corrected chi connectivity index (χ1v) is 6.54. The van der Waals surface area contributed by atoms with Crippen molar-refractivity contribution in [1.82, 2.24) is 15.5 Å². The van der Waals surface area contributed by atoms with Gasteiger partial charge in [0.15, 0.2) is 0 Å². The summed E-state index contributed by atoms with van der Waals surface area (Å²) in [7, 11) is 0. The van der Waals surface area contributed by atoms with E-state index in [9.17, 15) is 0 Å². The molecule has 0 saturated heterocycles. The molecule has 3 heteroatoms. The Balaban J connectivity index is 1.52. The lowest BCUT2D eigenvalue weighted by atomic mass is 9.84. The molecule has 1 aromatic heterocycles. The van der Waals surface area contributed by atoms with Crippen LogP contribution in [0.25, 0.3) is 0 Å². The Kier molecular flexibility index (Phi) is 2.72. The fourth-order valence-corrected chi connectivity index (χ4v) is 3.71. The lowest BCUT2D eigenvalue weighted by Crippen LogP contribution is -2.35. The first kappa shape index (κ1) is 10.3. The number of nitrogens with zero attached hydrogens (tertiary/aromatic N) is 1. The molecule has 0 spiro atoms. The van der Waals surface area contributed by atoms with Gasteiger partial charge in [0.1, 0.15) is 0 Å². The van der Waals surface area contributed by atoms with Crippen molar-refractivity contribution in [2.75, 3.05) is 0 Å². The van der Waals surface area contributed by atoms with Crippen LogP contribution in [0.3, 0.4) is 0 Å². The Morgan fingerprint density at radius 3 is 3.06 bits per heavy atom. The van der Waals surface area contributed by atoms with Crippen molar-refractivity contribution in [3.63, 3.8) is 0 Å². The van der Waals surface area contributed by atoms with Gasteiger partial charge in [0, 0.05) is 24.5 Å². The van der Waals surface area contributed by atoms with E-state index in [-0.39, 0.29) is 0 Å². The van der Waals surface area contributed by atoms with Crippen molar-refractivity contribution in [2.24, 2.45) is 17.8 Å². The highest BCUT2D eigenvalue weighted by atomic mass is 15.1. The van der Waals surface area contributed by atoms with Crippen LogP contribution in [0.4, 0.5) is 0 Å². The summed E-state index contributed by atoms with van der Waals surface area (Å²) in [5.41, 5.74) is 1.19. The first-order chi connectivity index (χ1) is 7.83. The number of aromatic amines is 1. The Labute approximate surface area is 97.0 Å². The molecule has 3 rings (SSSR count). The lowest BCUT2D eigenvalue weighted by molar-refractivity contribution is 0.259. The number of nitrogens with one attached hydrogen (secondary N) is 2. The Morgan fingerprint density at radius 1 is 1.50 bits per heavy atom. The van der Waals surface area contributed by atoms with Crippen LogP contribution in [0.2, 0.25) is 0 Å². The fraction of sp³-hybridized carbons (Fsp3) is 0.769. The fourth-order valence-electron chi connectivity index (χ4n) is 3.71. The van der Waals surface area contributed by atoms with Gasteiger partial charge in [-0.2, -0.15) is 5.10 Å². The molecule has 2 bridgehead atoms. The van der Waals surface area contributed by atoms with E-state index in [1.54, 1.807) is 0 Å². The van der Waals surface area contributed by atoms with E-state index in [4.69, 9.17) is 0 Å². The molecule has 0 unspecified atom stereocenters. The van der Waals surface area contributed by atoms with E-state index >= 15 is 0 Å². The molecule has 88 valence electrons. The summed E-state index contributed by atoms with van der Waals surface area (Å²) >= 11 is 0. The maximum atomic E-state index is 3.97. The number of fused-ring (bicyclic) bond motifs is 2. The highest BCUT2D eigenvalue weighted by Crippen LogP contribution is 2.49. The molecule has 2 aliphatic carbocycles. The van der Waals surface area contributed by atoms with Crippen LogP contribution in [0.15, 0.2) is 12.3 Å². The topological polar surface area (TPSA) is 40.7 Å². The molecule has 0 amide bonds. The number of hydrogen-bond acceptors (Lipinski definition) is 2. The van der Waals surface area contributed by atoms with Gasteiger partial charge in [0.05, 0.1) is 0 Å². The zero-order valence-corrected chi connectivity index (χ0v) is 9.95. The molecule has 2 aliphatic rings. The van der Waals surface area contributed by atoms with Gasteiger partial charge in [0.25, 0.3) is 0 Å². The predicted octanol–water partition coefficient (Wildman–Crippen LogP) is 2.32. The van der Waals surface area contributed by atoms with E-state index in [1.807, 2.05) is 12.3 Å². The summed E-state index contributed by atoms with van der Waals surface area (Å²) in [6.07, 6.45) is 7.75. The van der Waals surface area contributed by atoms with Gasteiger partial charge in [-0.25, -0.2) is 0 Å². The third kappa shape index (κ3) is 1.88. The van der Waals surface area contributed by atoms with Gasteiger partial charge in [0.2, 0.25) is 0 Å².